The number of nitrogens with one attached hydrogen (secondary N) is 1. The Labute approximate surface area is 101 Å². The van der Waals surface area contributed by atoms with E-state index in [4.69, 9.17) is 15.2 Å². The van der Waals surface area contributed by atoms with Gasteiger partial charge in [-0.3, -0.25) is 0 Å². The minimum absolute atomic E-state index is 0.0242. The summed E-state index contributed by atoms with van der Waals surface area (Å²) in [5.41, 5.74) is 5.92. The predicted molar refractivity (Wildman–Crippen MR) is 64.5 cm³/mol. The van der Waals surface area contributed by atoms with Gasteiger partial charge in [0.1, 0.15) is 17.3 Å². The first kappa shape index (κ1) is 13.8. The molecule has 0 heterocycles. The standard InChI is InChI=1S/C10H16N2O4S/c1-12-17(13,14)10-7-8(11)3-4-9(10)16-6-5-15-2/h3-4,7,12H,5-6,11H2,1-2H3. The van der Waals surface area contributed by atoms with Crippen LogP contribution in [0.2, 0.25) is 0 Å². The van der Waals surface area contributed by atoms with Crippen molar-refractivity contribution in [3.05, 3.63) is 18.2 Å². The van der Waals surface area contributed by atoms with E-state index in [2.05, 4.69) is 4.72 Å². The van der Waals surface area contributed by atoms with E-state index in [1.165, 1.54) is 26.3 Å². The number of hydrogen-bond acceptors (Lipinski definition) is 5. The fourth-order valence-corrected chi connectivity index (χ4v) is 2.10. The molecule has 1 aromatic rings. The van der Waals surface area contributed by atoms with E-state index in [1.807, 2.05) is 0 Å². The number of hydrogen-bond donors (Lipinski definition) is 2. The minimum Gasteiger partial charge on any atom is -0.490 e. The molecule has 17 heavy (non-hydrogen) atoms. The molecule has 0 aliphatic carbocycles. The molecule has 0 fully saturated rings. The van der Waals surface area contributed by atoms with Gasteiger partial charge >= 0.3 is 0 Å². The molecule has 0 aliphatic heterocycles. The van der Waals surface area contributed by atoms with Gasteiger partial charge in [0.25, 0.3) is 0 Å². The lowest BCUT2D eigenvalue weighted by Crippen LogP contribution is -2.20. The molecule has 0 saturated heterocycles. The number of nitrogen functional groups attached to an aromatic ring is 1. The maximum atomic E-state index is 11.7. The van der Waals surface area contributed by atoms with Gasteiger partial charge in [-0.1, -0.05) is 0 Å². The van der Waals surface area contributed by atoms with Crippen molar-refractivity contribution in [1.29, 1.82) is 0 Å². The van der Waals surface area contributed by atoms with E-state index < -0.39 is 10.0 Å². The van der Waals surface area contributed by atoms with Gasteiger partial charge in [0.2, 0.25) is 10.0 Å². The van der Waals surface area contributed by atoms with E-state index in [0.717, 1.165) is 0 Å². The van der Waals surface area contributed by atoms with Gasteiger partial charge in [-0.2, -0.15) is 0 Å². The number of benzene rings is 1. The van der Waals surface area contributed by atoms with Crippen LogP contribution < -0.4 is 15.2 Å². The Morgan fingerprint density at radius 2 is 2.06 bits per heavy atom. The second-order valence-corrected chi connectivity index (χ2v) is 5.11. The molecule has 0 unspecified atom stereocenters. The zero-order valence-corrected chi connectivity index (χ0v) is 10.6. The molecule has 0 bridgehead atoms. The summed E-state index contributed by atoms with van der Waals surface area (Å²) in [4.78, 5) is 0.0242. The SMILES string of the molecule is CNS(=O)(=O)c1cc(N)ccc1OCCOC. The van der Waals surface area contributed by atoms with Crippen molar-refractivity contribution >= 4 is 15.7 Å². The summed E-state index contributed by atoms with van der Waals surface area (Å²) in [6.45, 7) is 0.649. The molecule has 0 radical (unpaired) electrons. The Balaban J connectivity index is 3.04. The Morgan fingerprint density at radius 1 is 1.35 bits per heavy atom. The average molecular weight is 260 g/mol. The number of methoxy groups -OCH3 is 1. The van der Waals surface area contributed by atoms with Crippen LogP contribution in [0.4, 0.5) is 5.69 Å². The van der Waals surface area contributed by atoms with Crippen LogP contribution in [0.1, 0.15) is 0 Å². The highest BCUT2D eigenvalue weighted by Gasteiger charge is 2.18. The summed E-state index contributed by atoms with van der Waals surface area (Å²) in [7, 11) is -0.714. The predicted octanol–water partition coefficient (Wildman–Crippen LogP) is 0.202. The van der Waals surface area contributed by atoms with Crippen molar-refractivity contribution in [3.8, 4) is 5.75 Å². The highest BCUT2D eigenvalue weighted by atomic mass is 32.2. The molecule has 0 amide bonds. The van der Waals surface area contributed by atoms with Crippen LogP contribution in [-0.2, 0) is 14.8 Å². The molecule has 0 aliphatic rings. The van der Waals surface area contributed by atoms with Gasteiger partial charge in [-0.15, -0.1) is 0 Å². The number of rotatable bonds is 6. The molecule has 1 rings (SSSR count). The molecule has 0 atom stereocenters. The van der Waals surface area contributed by atoms with Crippen LogP contribution in [0.25, 0.3) is 0 Å². The van der Waals surface area contributed by atoms with Crippen molar-refractivity contribution in [2.24, 2.45) is 0 Å². The second-order valence-electron chi connectivity index (χ2n) is 3.25. The first-order valence-corrected chi connectivity index (χ1v) is 6.44. The largest absolute Gasteiger partial charge is 0.490 e. The highest BCUT2D eigenvalue weighted by Crippen LogP contribution is 2.25. The van der Waals surface area contributed by atoms with Crippen molar-refractivity contribution in [2.75, 3.05) is 33.1 Å². The molecule has 6 nitrogen and oxygen atoms in total. The van der Waals surface area contributed by atoms with E-state index in [0.29, 0.717) is 12.3 Å². The highest BCUT2D eigenvalue weighted by molar-refractivity contribution is 7.89. The number of anilines is 1. The number of ether oxygens (including phenoxy) is 2. The molecule has 3 N–H and O–H groups in total. The van der Waals surface area contributed by atoms with Crippen molar-refractivity contribution in [1.82, 2.24) is 4.72 Å². The summed E-state index contributed by atoms with van der Waals surface area (Å²) in [5, 5.41) is 0. The lowest BCUT2D eigenvalue weighted by atomic mass is 10.3. The lowest BCUT2D eigenvalue weighted by Gasteiger charge is -2.11. The zero-order chi connectivity index (χ0) is 12.9. The Bertz CT molecular complexity index is 473. The van der Waals surface area contributed by atoms with Gasteiger partial charge in [0, 0.05) is 12.8 Å². The summed E-state index contributed by atoms with van der Waals surface area (Å²) < 4.78 is 35.8. The van der Waals surface area contributed by atoms with Gasteiger partial charge in [-0.25, -0.2) is 13.1 Å². The average Bonchev–Trinajstić information content (AvgIpc) is 2.31. The molecule has 96 valence electrons. The van der Waals surface area contributed by atoms with Crippen LogP contribution in [0.5, 0.6) is 5.75 Å². The molecule has 7 heteroatoms. The van der Waals surface area contributed by atoms with E-state index in [-0.39, 0.29) is 17.3 Å². The quantitative estimate of drug-likeness (QED) is 0.563. The van der Waals surface area contributed by atoms with Gasteiger partial charge in [0.15, 0.2) is 0 Å². The Kier molecular flexibility index (Phi) is 4.73. The second kappa shape index (κ2) is 5.85. The van der Waals surface area contributed by atoms with Crippen LogP contribution in [0.15, 0.2) is 23.1 Å². The maximum Gasteiger partial charge on any atom is 0.244 e. The fourth-order valence-electron chi connectivity index (χ4n) is 1.20. The van der Waals surface area contributed by atoms with Crippen molar-refractivity contribution in [2.45, 2.75) is 4.90 Å². The lowest BCUT2D eigenvalue weighted by molar-refractivity contribution is 0.144. The molecular formula is C10H16N2O4S. The summed E-state index contributed by atoms with van der Waals surface area (Å²) in [6, 6.07) is 4.46. The zero-order valence-electron chi connectivity index (χ0n) is 9.76. The maximum absolute atomic E-state index is 11.7. The third-order valence-electron chi connectivity index (χ3n) is 2.07. The smallest absolute Gasteiger partial charge is 0.244 e. The van der Waals surface area contributed by atoms with Crippen LogP contribution in [0.3, 0.4) is 0 Å². The Hall–Kier alpha value is -1.31. The molecular weight excluding hydrogens is 244 g/mol. The van der Waals surface area contributed by atoms with E-state index in [1.54, 1.807) is 6.07 Å². The van der Waals surface area contributed by atoms with Crippen molar-refractivity contribution in [3.63, 3.8) is 0 Å². The first-order valence-electron chi connectivity index (χ1n) is 4.96. The van der Waals surface area contributed by atoms with Gasteiger partial charge < -0.3 is 15.2 Å². The Morgan fingerprint density at radius 3 is 2.65 bits per heavy atom. The third-order valence-corrected chi connectivity index (χ3v) is 3.51. The topological polar surface area (TPSA) is 90.7 Å². The van der Waals surface area contributed by atoms with Gasteiger partial charge in [0.05, 0.1) is 6.61 Å². The van der Waals surface area contributed by atoms with E-state index in [9.17, 15) is 8.42 Å². The van der Waals surface area contributed by atoms with Crippen LogP contribution in [0, 0.1) is 0 Å². The van der Waals surface area contributed by atoms with Gasteiger partial charge in [-0.05, 0) is 25.2 Å². The first-order chi connectivity index (χ1) is 8.01. The third kappa shape index (κ3) is 3.58. The fraction of sp³-hybridized carbons (Fsp3) is 0.400. The van der Waals surface area contributed by atoms with Crippen LogP contribution >= 0.6 is 0 Å². The summed E-state index contributed by atoms with van der Waals surface area (Å²) in [5.74, 6) is 0.255. The number of sulfonamides is 1. The molecule has 0 spiro atoms. The summed E-state index contributed by atoms with van der Waals surface area (Å²) in [6.07, 6.45) is 0. The molecule has 0 aromatic heterocycles. The normalized spacial score (nSPS) is 11.4. The monoisotopic (exact) mass is 260 g/mol. The number of nitrogens with two attached hydrogens (primary N) is 1. The minimum atomic E-state index is -3.58. The van der Waals surface area contributed by atoms with Crippen LogP contribution in [-0.4, -0.2) is 35.8 Å². The summed E-state index contributed by atoms with van der Waals surface area (Å²) >= 11 is 0. The molecule has 0 saturated carbocycles. The molecule has 1 aromatic carbocycles. The van der Waals surface area contributed by atoms with Crippen molar-refractivity contribution < 1.29 is 17.9 Å². The van der Waals surface area contributed by atoms with E-state index >= 15 is 0 Å².